The molecule has 58 heavy (non-hydrogen) atoms. The molecule has 0 amide bonds. The largest absolute Gasteiger partial charge is 0.421 e. The Hall–Kier alpha value is -7.14. The molecular weight excluding hydrogens is 754 g/mol. The van der Waals surface area contributed by atoms with Gasteiger partial charge in [0.1, 0.15) is 22.1 Å². The summed E-state index contributed by atoms with van der Waals surface area (Å²) in [6, 6.07) is 23.1. The van der Waals surface area contributed by atoms with Crippen molar-refractivity contribution < 1.29 is 13.7 Å². The number of hydrogen-bond donors (Lipinski definition) is 0. The molecule has 0 atom stereocenters. The third kappa shape index (κ3) is 8.20. The molecule has 4 aromatic heterocycles. The fourth-order valence-corrected chi connectivity index (χ4v) is 6.41. The Bertz CT molecular complexity index is 2450. The summed E-state index contributed by atoms with van der Waals surface area (Å²) in [5.74, 6) is 3.62. The molecule has 0 fully saturated rings. The van der Waals surface area contributed by atoms with Crippen LogP contribution in [-0.2, 0) is 42.3 Å². The van der Waals surface area contributed by atoms with E-state index in [-0.39, 0.29) is 0 Å². The Morgan fingerprint density at radius 3 is 1.03 bits per heavy atom. The van der Waals surface area contributed by atoms with Gasteiger partial charge in [0.15, 0.2) is 11.6 Å². The fourth-order valence-electron chi connectivity index (χ4n) is 6.07. The molecule has 4 heterocycles. The summed E-state index contributed by atoms with van der Waals surface area (Å²) in [6.07, 6.45) is 11.6. The number of hydrogen-bond acceptors (Lipinski definition) is 11. The van der Waals surface area contributed by atoms with Gasteiger partial charge in [-0.25, -0.2) is 27.4 Å². The standard InChI is InChI=1S/C40H45ClN17/c1-50-22-23-51(2)38(50)47-44-28-10-16-31(17-11-28)56(7)35-34(41)36(57(8)32-18-12-29(13-19-32)45-48-39-52(3)24-25-53(39)4)43-37(42-35)58(9)33-20-14-30(15-21-33)46-49-40-54(5)26-27-55(40)6/h10-27H,1-9H3/q+3. The third-order valence-corrected chi connectivity index (χ3v) is 9.99. The molecule has 0 unspecified atom stereocenters. The number of imidazole rings is 3. The minimum atomic E-state index is 0.367. The highest BCUT2D eigenvalue weighted by Gasteiger charge is 2.23. The molecule has 3 aromatic carbocycles. The van der Waals surface area contributed by atoms with Gasteiger partial charge in [0.05, 0.1) is 79.5 Å². The summed E-state index contributed by atoms with van der Waals surface area (Å²) in [4.78, 5) is 15.8. The zero-order chi connectivity index (χ0) is 41.1. The molecule has 18 heteroatoms. The van der Waals surface area contributed by atoms with E-state index in [1.807, 2.05) is 216 Å². The van der Waals surface area contributed by atoms with Gasteiger partial charge >= 0.3 is 17.8 Å². The molecule has 294 valence electrons. The predicted octanol–water partition coefficient (Wildman–Crippen LogP) is 8.17. The highest BCUT2D eigenvalue weighted by molar-refractivity contribution is 6.35. The second kappa shape index (κ2) is 16.5. The van der Waals surface area contributed by atoms with Crippen molar-refractivity contribution in [3.8, 4) is 0 Å². The van der Waals surface area contributed by atoms with Crippen molar-refractivity contribution in [3.63, 3.8) is 0 Å². The third-order valence-electron chi connectivity index (χ3n) is 9.65. The number of rotatable bonds is 12. The van der Waals surface area contributed by atoms with Crippen molar-refractivity contribution in [1.82, 2.24) is 23.7 Å². The van der Waals surface area contributed by atoms with Crippen molar-refractivity contribution in [2.75, 3.05) is 35.8 Å². The van der Waals surface area contributed by atoms with Crippen LogP contribution in [0.5, 0.6) is 0 Å². The molecule has 0 saturated carbocycles. The first-order valence-electron chi connectivity index (χ1n) is 18.2. The average molecular weight is 799 g/mol. The lowest BCUT2D eigenvalue weighted by molar-refractivity contribution is -0.657. The Morgan fingerprint density at radius 2 is 0.759 bits per heavy atom. The van der Waals surface area contributed by atoms with Crippen molar-refractivity contribution in [3.05, 3.63) is 115 Å². The molecule has 0 aliphatic rings. The summed E-state index contributed by atoms with van der Waals surface area (Å²) >= 11 is 7.25. The lowest BCUT2D eigenvalue weighted by Gasteiger charge is -2.27. The van der Waals surface area contributed by atoms with Crippen LogP contribution in [0, 0.1) is 0 Å². The molecule has 0 saturated heterocycles. The molecule has 0 aliphatic heterocycles. The summed E-state index contributed by atoms with van der Waals surface area (Å²) in [5.41, 5.74) is 4.64. The van der Waals surface area contributed by atoms with Crippen LogP contribution in [0.2, 0.25) is 5.02 Å². The van der Waals surface area contributed by atoms with Gasteiger partial charge in [-0.1, -0.05) is 26.9 Å². The summed E-state index contributed by atoms with van der Waals surface area (Å²) < 4.78 is 11.4. The van der Waals surface area contributed by atoms with E-state index < -0.39 is 0 Å². The van der Waals surface area contributed by atoms with Crippen molar-refractivity contribution in [2.45, 2.75) is 0 Å². The summed E-state index contributed by atoms with van der Waals surface area (Å²) in [5, 5.41) is 27.0. The Kier molecular flexibility index (Phi) is 11.1. The first kappa shape index (κ1) is 39.1. The number of halogens is 1. The maximum Gasteiger partial charge on any atom is 0.421 e. The Balaban J connectivity index is 1.20. The maximum atomic E-state index is 7.25. The van der Waals surface area contributed by atoms with Crippen LogP contribution in [0.15, 0.2) is 141 Å². The molecule has 0 bridgehead atoms. The second-order valence-corrected chi connectivity index (χ2v) is 14.1. The van der Waals surface area contributed by atoms with Crippen LogP contribution < -0.4 is 28.4 Å². The first-order chi connectivity index (χ1) is 27.9. The average Bonchev–Trinajstić information content (AvgIpc) is 3.86. The number of azo groups is 3. The van der Waals surface area contributed by atoms with Crippen molar-refractivity contribution >= 4 is 81.2 Å². The van der Waals surface area contributed by atoms with Gasteiger partial charge in [0.25, 0.3) is 0 Å². The number of nitrogens with zero attached hydrogens (tertiary/aromatic N) is 17. The molecule has 0 radical (unpaired) electrons. The Morgan fingerprint density at radius 1 is 0.466 bits per heavy atom. The Labute approximate surface area is 341 Å². The SMILES string of the molecule is CN(c1ccc(N=Nc2n(C)cc[n+]2C)cc1)c1nc(N(C)c2ccc(N=Nc3n(C)cc[n+]3C)cc2)c(Cl)c(N(C)c2ccc(N=Nc3n(C)cc[n+]3C)cc2)n1. The van der Waals surface area contributed by atoms with E-state index in [2.05, 4.69) is 30.7 Å². The molecule has 7 rings (SSSR count). The van der Waals surface area contributed by atoms with Gasteiger partial charge in [-0.2, -0.15) is 9.97 Å². The van der Waals surface area contributed by atoms with Crippen LogP contribution in [0.4, 0.5) is 69.6 Å². The molecule has 0 N–H and O–H groups in total. The topological polar surface area (TPSA) is 136 Å². The fraction of sp³-hybridized carbons (Fsp3) is 0.225. The lowest BCUT2D eigenvalue weighted by Crippen LogP contribution is -2.25. The van der Waals surface area contributed by atoms with Crippen molar-refractivity contribution in [2.24, 2.45) is 73.0 Å². The van der Waals surface area contributed by atoms with E-state index in [0.29, 0.717) is 39.7 Å². The van der Waals surface area contributed by atoms with Crippen LogP contribution in [0.1, 0.15) is 0 Å². The molecule has 0 aliphatic carbocycles. The first-order valence-corrected chi connectivity index (χ1v) is 18.6. The normalized spacial score (nSPS) is 11.8. The van der Waals surface area contributed by atoms with Gasteiger partial charge in [0, 0.05) is 53.5 Å². The van der Waals surface area contributed by atoms with E-state index in [1.165, 1.54) is 0 Å². The molecule has 0 spiro atoms. The van der Waals surface area contributed by atoms with Crippen molar-refractivity contribution in [1.29, 1.82) is 0 Å². The zero-order valence-corrected chi connectivity index (χ0v) is 34.6. The van der Waals surface area contributed by atoms with E-state index in [1.54, 1.807) is 0 Å². The van der Waals surface area contributed by atoms with Crippen LogP contribution in [-0.4, -0.2) is 44.8 Å². The molecule has 17 nitrogen and oxygen atoms in total. The van der Waals surface area contributed by atoms with E-state index in [9.17, 15) is 0 Å². The zero-order valence-electron chi connectivity index (χ0n) is 33.9. The second-order valence-electron chi connectivity index (χ2n) is 13.8. The van der Waals surface area contributed by atoms with Crippen LogP contribution >= 0.6 is 11.6 Å². The van der Waals surface area contributed by atoms with E-state index >= 15 is 0 Å². The number of anilines is 6. The van der Waals surface area contributed by atoms with Gasteiger partial charge < -0.3 is 14.7 Å². The van der Waals surface area contributed by atoms with E-state index in [0.717, 1.165) is 34.9 Å². The highest BCUT2D eigenvalue weighted by atomic mass is 35.5. The molecular formula is C40H45ClN17+3. The van der Waals surface area contributed by atoms with Crippen LogP contribution in [0.3, 0.4) is 0 Å². The monoisotopic (exact) mass is 798 g/mol. The predicted molar refractivity (Wildman–Crippen MR) is 223 cm³/mol. The highest BCUT2D eigenvalue weighted by Crippen LogP contribution is 2.40. The minimum Gasteiger partial charge on any atom is -0.328 e. The summed E-state index contributed by atoms with van der Waals surface area (Å²) in [6.45, 7) is 0. The van der Waals surface area contributed by atoms with Gasteiger partial charge in [-0.05, 0) is 72.8 Å². The minimum absolute atomic E-state index is 0.367. The summed E-state index contributed by atoms with van der Waals surface area (Å²) in [7, 11) is 17.3. The van der Waals surface area contributed by atoms with Crippen LogP contribution in [0.25, 0.3) is 0 Å². The van der Waals surface area contributed by atoms with Gasteiger partial charge in [-0.3, -0.25) is 0 Å². The number of aromatic nitrogens is 8. The number of aryl methyl sites for hydroxylation is 6. The molecule has 7 aromatic rings. The lowest BCUT2D eigenvalue weighted by atomic mass is 10.2. The maximum absolute atomic E-state index is 7.25. The quantitative estimate of drug-likeness (QED) is 0.0908. The number of benzene rings is 3. The van der Waals surface area contributed by atoms with Gasteiger partial charge in [-0.15, -0.1) is 0 Å². The smallest absolute Gasteiger partial charge is 0.328 e. The van der Waals surface area contributed by atoms with Gasteiger partial charge in [0.2, 0.25) is 5.95 Å². The van der Waals surface area contributed by atoms with E-state index in [4.69, 9.17) is 21.6 Å².